The normalized spacial score (nSPS) is 10.6. The van der Waals surface area contributed by atoms with E-state index in [-0.39, 0.29) is 9.41 Å². The van der Waals surface area contributed by atoms with Crippen molar-refractivity contribution in [2.75, 3.05) is 13.1 Å². The maximum absolute atomic E-state index is 5.47. The van der Waals surface area contributed by atoms with Crippen molar-refractivity contribution in [1.29, 1.82) is 0 Å². The van der Waals surface area contributed by atoms with Crippen LogP contribution < -0.4 is 11.5 Å². The number of allylic oxidation sites excluding steroid dienone is 2. The number of hydrogen-bond acceptors (Lipinski definition) is 2. The Morgan fingerprint density at radius 3 is 0.763 bits per heavy atom. The minimum Gasteiger partial charge on any atom is -0.330 e. The van der Waals surface area contributed by atoms with E-state index in [1.54, 1.807) is 0 Å². The summed E-state index contributed by atoms with van der Waals surface area (Å²) in [5, 5.41) is 0. The van der Waals surface area contributed by atoms with Gasteiger partial charge in [0.05, 0.1) is 0 Å². The fraction of sp³-hybridized carbons (Fsp3) is 0.941. The van der Waals surface area contributed by atoms with E-state index in [0.29, 0.717) is 0 Å². The SMILES string of the molecule is CCCCCCCC/C=C/CCCCCCCCN.CCCCCCCCCCCCCCCCN.F.F. The Labute approximate surface area is 239 Å². The second-order valence-corrected chi connectivity index (χ2v) is 11.1. The molecule has 0 amide bonds. The van der Waals surface area contributed by atoms with Gasteiger partial charge in [0.2, 0.25) is 0 Å². The summed E-state index contributed by atoms with van der Waals surface area (Å²) in [6.07, 6.45) is 43.8. The highest BCUT2D eigenvalue weighted by atomic mass is 19.0. The maximum atomic E-state index is 5.47. The molecule has 38 heavy (non-hydrogen) atoms. The van der Waals surface area contributed by atoms with Crippen LogP contribution >= 0.6 is 0 Å². The van der Waals surface area contributed by atoms with Crippen LogP contribution in [0.1, 0.15) is 194 Å². The number of halogens is 2. The lowest BCUT2D eigenvalue weighted by atomic mass is 10.0. The van der Waals surface area contributed by atoms with Gasteiger partial charge in [0.25, 0.3) is 0 Å². The smallest absolute Gasteiger partial charge is 0.00773 e. The van der Waals surface area contributed by atoms with Crippen molar-refractivity contribution in [3.05, 3.63) is 12.2 Å². The van der Waals surface area contributed by atoms with Gasteiger partial charge in [-0.1, -0.05) is 167 Å². The molecule has 234 valence electrons. The fourth-order valence-electron chi connectivity index (χ4n) is 4.73. The summed E-state index contributed by atoms with van der Waals surface area (Å²) < 4.78 is 0. The van der Waals surface area contributed by atoms with Crippen molar-refractivity contribution in [1.82, 2.24) is 0 Å². The average Bonchev–Trinajstić information content (AvgIpc) is 2.89. The van der Waals surface area contributed by atoms with Gasteiger partial charge >= 0.3 is 0 Å². The first-order valence-corrected chi connectivity index (χ1v) is 16.9. The zero-order chi connectivity index (χ0) is 26.6. The van der Waals surface area contributed by atoms with Gasteiger partial charge < -0.3 is 11.5 Å². The van der Waals surface area contributed by atoms with Crippen LogP contribution in [0.3, 0.4) is 0 Å². The summed E-state index contributed by atoms with van der Waals surface area (Å²) >= 11 is 0. The Balaban J connectivity index is -0.000000291. The second-order valence-electron chi connectivity index (χ2n) is 11.1. The van der Waals surface area contributed by atoms with Gasteiger partial charge in [-0.15, -0.1) is 0 Å². The molecule has 0 aromatic heterocycles. The van der Waals surface area contributed by atoms with E-state index in [1.807, 2.05) is 0 Å². The van der Waals surface area contributed by atoms with Crippen LogP contribution in [-0.4, -0.2) is 13.1 Å². The van der Waals surface area contributed by atoms with E-state index in [4.69, 9.17) is 11.5 Å². The molecule has 0 spiro atoms. The highest BCUT2D eigenvalue weighted by Gasteiger charge is 1.94. The topological polar surface area (TPSA) is 52.0 Å². The van der Waals surface area contributed by atoms with Gasteiger partial charge in [-0.3, -0.25) is 9.41 Å². The first-order valence-electron chi connectivity index (χ1n) is 16.9. The van der Waals surface area contributed by atoms with Gasteiger partial charge in [-0.25, -0.2) is 0 Å². The molecule has 0 fully saturated rings. The molecule has 4 N–H and O–H groups in total. The van der Waals surface area contributed by atoms with E-state index in [1.165, 1.54) is 180 Å². The molecule has 0 aliphatic heterocycles. The zero-order valence-electron chi connectivity index (χ0n) is 26.3. The van der Waals surface area contributed by atoms with Crippen molar-refractivity contribution in [3.8, 4) is 0 Å². The van der Waals surface area contributed by atoms with Crippen LogP contribution in [0.4, 0.5) is 9.41 Å². The molecule has 0 aliphatic carbocycles. The summed E-state index contributed by atoms with van der Waals surface area (Å²) in [4.78, 5) is 0. The fourth-order valence-corrected chi connectivity index (χ4v) is 4.73. The van der Waals surface area contributed by atoms with Crippen molar-refractivity contribution >= 4 is 0 Å². The third kappa shape index (κ3) is 48.6. The first kappa shape index (κ1) is 44.5. The summed E-state index contributed by atoms with van der Waals surface area (Å²) in [5.74, 6) is 0. The molecule has 0 radical (unpaired) electrons. The third-order valence-corrected chi connectivity index (χ3v) is 7.27. The lowest BCUT2D eigenvalue weighted by molar-refractivity contribution is 0.536. The minimum absolute atomic E-state index is 0. The summed E-state index contributed by atoms with van der Waals surface area (Å²) in [5.41, 5.74) is 10.9. The number of nitrogens with two attached hydrogens (primary N) is 2. The Morgan fingerprint density at radius 2 is 0.526 bits per heavy atom. The van der Waals surface area contributed by atoms with Crippen LogP contribution in [0, 0.1) is 0 Å². The molecule has 0 aromatic carbocycles. The largest absolute Gasteiger partial charge is 0.330 e. The highest BCUT2D eigenvalue weighted by Crippen LogP contribution is 2.13. The van der Waals surface area contributed by atoms with Gasteiger partial charge in [-0.2, -0.15) is 0 Å². The molecule has 0 aliphatic rings. The standard InChI is InChI=1S/C18H37N.C16H35N.2FH/c1-2-3-4-5-6-7-8-9-10-11-12-13-14-15-16-17-18-19;1-2-3-4-5-6-7-8-9-10-11-12-13-14-15-16-17;;/h9-10H,2-8,11-19H2,1H3;2-17H2,1H3;2*1H/b10-9+;;;. The average molecular weight is 549 g/mol. The van der Waals surface area contributed by atoms with Crippen LogP contribution in [0.2, 0.25) is 0 Å². The lowest BCUT2D eigenvalue weighted by Crippen LogP contribution is -1.97. The monoisotopic (exact) mass is 549 g/mol. The van der Waals surface area contributed by atoms with Crippen LogP contribution in [-0.2, 0) is 0 Å². The molecule has 0 unspecified atom stereocenters. The molecule has 0 rings (SSSR count). The number of hydrogen-bond donors (Lipinski definition) is 2. The van der Waals surface area contributed by atoms with Crippen molar-refractivity contribution < 1.29 is 9.41 Å². The maximum Gasteiger partial charge on any atom is -0.00773 e. The Morgan fingerprint density at radius 1 is 0.316 bits per heavy atom. The molecule has 0 saturated heterocycles. The van der Waals surface area contributed by atoms with E-state index in [2.05, 4.69) is 26.0 Å². The first-order chi connectivity index (χ1) is 17.8. The predicted octanol–water partition coefficient (Wildman–Crippen LogP) is 11.7. The molecule has 0 saturated carbocycles. The van der Waals surface area contributed by atoms with E-state index in [0.717, 1.165) is 13.1 Å². The van der Waals surface area contributed by atoms with Crippen molar-refractivity contribution in [2.45, 2.75) is 194 Å². The summed E-state index contributed by atoms with van der Waals surface area (Å²) in [6.45, 7) is 6.30. The number of rotatable bonds is 29. The van der Waals surface area contributed by atoms with Crippen LogP contribution in [0.15, 0.2) is 12.2 Å². The quantitative estimate of drug-likeness (QED) is 0.0721. The Hall–Kier alpha value is -0.480. The summed E-state index contributed by atoms with van der Waals surface area (Å²) in [7, 11) is 0. The lowest BCUT2D eigenvalue weighted by Gasteiger charge is -2.02. The molecular formula is C34H74F2N2. The van der Waals surface area contributed by atoms with Gasteiger partial charge in [-0.05, 0) is 51.6 Å². The molecule has 0 bridgehead atoms. The zero-order valence-corrected chi connectivity index (χ0v) is 26.3. The minimum atomic E-state index is 0. The third-order valence-electron chi connectivity index (χ3n) is 7.27. The number of unbranched alkanes of at least 4 members (excludes halogenated alkanes) is 25. The Kier molecular flexibility index (Phi) is 54.4. The van der Waals surface area contributed by atoms with Gasteiger partial charge in [0, 0.05) is 0 Å². The van der Waals surface area contributed by atoms with Crippen molar-refractivity contribution in [3.63, 3.8) is 0 Å². The highest BCUT2D eigenvalue weighted by molar-refractivity contribution is 4.81. The van der Waals surface area contributed by atoms with E-state index in [9.17, 15) is 0 Å². The molecule has 0 heterocycles. The van der Waals surface area contributed by atoms with Gasteiger partial charge in [0.1, 0.15) is 0 Å². The van der Waals surface area contributed by atoms with Crippen LogP contribution in [0.5, 0.6) is 0 Å². The van der Waals surface area contributed by atoms with Crippen molar-refractivity contribution in [2.24, 2.45) is 11.5 Å². The molecule has 2 nitrogen and oxygen atoms in total. The molecule has 4 heteroatoms. The Bertz CT molecular complexity index is 363. The summed E-state index contributed by atoms with van der Waals surface area (Å²) in [6, 6.07) is 0. The predicted molar refractivity (Wildman–Crippen MR) is 173 cm³/mol. The second kappa shape index (κ2) is 46.4. The molecule has 0 atom stereocenters. The van der Waals surface area contributed by atoms with E-state index >= 15 is 0 Å². The molecule has 0 aromatic rings. The molecular weight excluding hydrogens is 474 g/mol. The van der Waals surface area contributed by atoms with Crippen LogP contribution in [0.25, 0.3) is 0 Å². The van der Waals surface area contributed by atoms with E-state index < -0.39 is 0 Å². The van der Waals surface area contributed by atoms with Gasteiger partial charge in [0.15, 0.2) is 0 Å².